The van der Waals surface area contributed by atoms with Crippen molar-refractivity contribution in [2.75, 3.05) is 0 Å². The van der Waals surface area contributed by atoms with Gasteiger partial charge in [0.15, 0.2) is 5.69 Å². The zero-order chi connectivity index (χ0) is 13.1. The van der Waals surface area contributed by atoms with E-state index in [1.807, 2.05) is 0 Å². The number of pyridine rings is 1. The number of rotatable bonds is 4. The molecule has 2 rings (SSSR count). The van der Waals surface area contributed by atoms with E-state index in [2.05, 4.69) is 11.9 Å². The molecule has 1 aromatic heterocycles. The number of nitrogens with zero attached hydrogens (tertiary/aromatic N) is 1. The van der Waals surface area contributed by atoms with E-state index in [1.165, 1.54) is 6.07 Å². The minimum atomic E-state index is -1.09. The van der Waals surface area contributed by atoms with Gasteiger partial charge in [0, 0.05) is 11.1 Å². The fraction of sp³-hybridized carbons (Fsp3) is 0.286. The number of aromatic nitrogens is 1. The van der Waals surface area contributed by atoms with Gasteiger partial charge >= 0.3 is 5.97 Å². The van der Waals surface area contributed by atoms with E-state index in [1.54, 1.807) is 18.2 Å². The molecular formula is C14H14NO3-. The van der Waals surface area contributed by atoms with E-state index in [0.29, 0.717) is 22.9 Å². The normalized spacial score (nSPS) is 10.7. The molecule has 0 aliphatic carbocycles. The highest BCUT2D eigenvalue weighted by molar-refractivity contribution is 6.03. The first-order chi connectivity index (χ1) is 8.63. The third-order valence-corrected chi connectivity index (χ3v) is 2.88. The predicted molar refractivity (Wildman–Crippen MR) is 66.8 cm³/mol. The Morgan fingerprint density at radius 3 is 2.83 bits per heavy atom. The van der Waals surface area contributed by atoms with E-state index in [0.717, 1.165) is 12.8 Å². The van der Waals surface area contributed by atoms with Gasteiger partial charge in [-0.1, -0.05) is 31.5 Å². The molecule has 0 saturated heterocycles. The average molecular weight is 244 g/mol. The summed E-state index contributed by atoms with van der Waals surface area (Å²) in [5.74, 6) is -1.25. The zero-order valence-electron chi connectivity index (χ0n) is 10.1. The molecule has 0 aliphatic heterocycles. The highest BCUT2D eigenvalue weighted by Gasteiger charge is 2.12. The van der Waals surface area contributed by atoms with Gasteiger partial charge in [0.2, 0.25) is 0 Å². The number of carboxylic acid groups (broad SMARTS) is 1. The first-order valence-electron chi connectivity index (χ1n) is 5.96. The number of aromatic carboxylic acids is 1. The van der Waals surface area contributed by atoms with Crippen LogP contribution in [0.2, 0.25) is 0 Å². The molecule has 4 nitrogen and oxygen atoms in total. The Bertz CT molecular complexity index is 593. The zero-order valence-corrected chi connectivity index (χ0v) is 10.1. The van der Waals surface area contributed by atoms with Crippen LogP contribution < -0.4 is 5.11 Å². The number of fused-ring (bicyclic) bond motifs is 1. The molecular weight excluding hydrogens is 230 g/mol. The smallest absolute Gasteiger partial charge is 0.355 e. The van der Waals surface area contributed by atoms with Crippen LogP contribution in [0.25, 0.3) is 10.8 Å². The van der Waals surface area contributed by atoms with Crippen LogP contribution in [0.5, 0.6) is 5.75 Å². The monoisotopic (exact) mass is 244 g/mol. The second kappa shape index (κ2) is 5.04. The van der Waals surface area contributed by atoms with E-state index in [9.17, 15) is 9.90 Å². The molecule has 0 saturated carbocycles. The lowest BCUT2D eigenvalue weighted by Crippen LogP contribution is -2.05. The minimum Gasteiger partial charge on any atom is -0.872 e. The molecule has 2 aromatic rings. The van der Waals surface area contributed by atoms with Crippen LogP contribution in [0.1, 0.15) is 35.9 Å². The molecule has 0 atom stereocenters. The Balaban J connectivity index is 2.63. The van der Waals surface area contributed by atoms with Crippen LogP contribution in [0, 0.1) is 0 Å². The van der Waals surface area contributed by atoms with Crippen molar-refractivity contribution in [2.45, 2.75) is 26.2 Å². The molecule has 0 fully saturated rings. The molecule has 1 heterocycles. The van der Waals surface area contributed by atoms with Crippen molar-refractivity contribution in [3.63, 3.8) is 0 Å². The van der Waals surface area contributed by atoms with Gasteiger partial charge in [0.25, 0.3) is 0 Å². The summed E-state index contributed by atoms with van der Waals surface area (Å²) in [6.07, 6.45) is 2.63. The molecule has 1 aromatic carbocycles. The standard InChI is InChI=1S/C14H15NO3/c1-2-3-5-9-8-11-10(6-4-7-12(11)16)13(15-9)14(17)18/h4,6-8,16H,2-3,5H2,1H3,(H,17,18)/p-1. The Kier molecular flexibility index (Phi) is 3.46. The fourth-order valence-electron chi connectivity index (χ4n) is 1.95. The summed E-state index contributed by atoms with van der Waals surface area (Å²) in [4.78, 5) is 15.3. The summed E-state index contributed by atoms with van der Waals surface area (Å²) in [5.41, 5.74) is 0.640. The van der Waals surface area contributed by atoms with Crippen LogP contribution in [0.3, 0.4) is 0 Å². The third kappa shape index (κ3) is 2.27. The minimum absolute atomic E-state index is 0.0312. The molecule has 0 bridgehead atoms. The SMILES string of the molecule is CCCCc1cc2c([O-])cccc2c(C(=O)O)n1. The van der Waals surface area contributed by atoms with Gasteiger partial charge in [-0.25, -0.2) is 9.78 Å². The topological polar surface area (TPSA) is 73.2 Å². The molecule has 94 valence electrons. The number of hydrogen-bond donors (Lipinski definition) is 1. The van der Waals surface area contributed by atoms with Crippen molar-refractivity contribution in [3.8, 4) is 5.75 Å². The summed E-state index contributed by atoms with van der Waals surface area (Å²) >= 11 is 0. The largest absolute Gasteiger partial charge is 0.872 e. The third-order valence-electron chi connectivity index (χ3n) is 2.88. The molecule has 0 aliphatic rings. The predicted octanol–water partition coefficient (Wildman–Crippen LogP) is 2.35. The summed E-state index contributed by atoms with van der Waals surface area (Å²) in [6.45, 7) is 2.05. The van der Waals surface area contributed by atoms with E-state index in [4.69, 9.17) is 5.11 Å². The Morgan fingerprint density at radius 2 is 2.17 bits per heavy atom. The first-order valence-corrected chi connectivity index (χ1v) is 5.96. The second-order valence-corrected chi connectivity index (χ2v) is 4.22. The molecule has 0 unspecified atom stereocenters. The van der Waals surface area contributed by atoms with Gasteiger partial charge in [0.1, 0.15) is 0 Å². The Labute approximate surface area is 105 Å². The summed E-state index contributed by atoms with van der Waals surface area (Å²) < 4.78 is 0. The van der Waals surface area contributed by atoms with Crippen LogP contribution in [0.15, 0.2) is 24.3 Å². The first kappa shape index (κ1) is 12.4. The lowest BCUT2D eigenvalue weighted by molar-refractivity contribution is -0.265. The number of unbranched alkanes of at least 4 members (excludes halogenated alkanes) is 1. The molecule has 18 heavy (non-hydrogen) atoms. The lowest BCUT2D eigenvalue weighted by Gasteiger charge is -2.13. The van der Waals surface area contributed by atoms with Crippen molar-refractivity contribution in [3.05, 3.63) is 35.7 Å². The second-order valence-electron chi connectivity index (χ2n) is 4.22. The maximum Gasteiger partial charge on any atom is 0.355 e. The Morgan fingerprint density at radius 1 is 1.39 bits per heavy atom. The summed E-state index contributed by atoms with van der Waals surface area (Å²) in [7, 11) is 0. The summed E-state index contributed by atoms with van der Waals surface area (Å²) in [6, 6.07) is 6.33. The van der Waals surface area contributed by atoms with Crippen molar-refractivity contribution >= 4 is 16.7 Å². The maximum absolute atomic E-state index is 11.8. The van der Waals surface area contributed by atoms with Gasteiger partial charge in [-0.2, -0.15) is 0 Å². The highest BCUT2D eigenvalue weighted by atomic mass is 16.4. The molecule has 1 N–H and O–H groups in total. The highest BCUT2D eigenvalue weighted by Crippen LogP contribution is 2.25. The van der Waals surface area contributed by atoms with Crippen LogP contribution in [-0.4, -0.2) is 16.1 Å². The van der Waals surface area contributed by atoms with E-state index in [-0.39, 0.29) is 11.4 Å². The number of aryl methyl sites for hydroxylation is 1. The van der Waals surface area contributed by atoms with Gasteiger partial charge in [-0.05, 0) is 24.3 Å². The maximum atomic E-state index is 11.8. The van der Waals surface area contributed by atoms with Gasteiger partial charge in [0.05, 0.1) is 0 Å². The van der Waals surface area contributed by atoms with E-state index >= 15 is 0 Å². The van der Waals surface area contributed by atoms with Crippen molar-refractivity contribution in [1.82, 2.24) is 4.98 Å². The molecule has 0 amide bonds. The van der Waals surface area contributed by atoms with Gasteiger partial charge in [-0.3, -0.25) is 0 Å². The number of carbonyl (C=O) groups is 1. The number of hydrogen-bond acceptors (Lipinski definition) is 3. The molecule has 0 spiro atoms. The van der Waals surface area contributed by atoms with Crippen LogP contribution >= 0.6 is 0 Å². The average Bonchev–Trinajstić information content (AvgIpc) is 2.36. The number of carboxylic acids is 1. The molecule has 0 radical (unpaired) electrons. The van der Waals surface area contributed by atoms with Gasteiger partial charge < -0.3 is 10.2 Å². The molecule has 4 heteroatoms. The number of benzene rings is 1. The van der Waals surface area contributed by atoms with Crippen LogP contribution in [0.4, 0.5) is 0 Å². The van der Waals surface area contributed by atoms with Crippen LogP contribution in [-0.2, 0) is 6.42 Å². The van der Waals surface area contributed by atoms with E-state index < -0.39 is 5.97 Å². The fourth-order valence-corrected chi connectivity index (χ4v) is 1.95. The lowest BCUT2D eigenvalue weighted by atomic mass is 10.1. The van der Waals surface area contributed by atoms with Crippen molar-refractivity contribution in [1.29, 1.82) is 0 Å². The quantitative estimate of drug-likeness (QED) is 0.895. The van der Waals surface area contributed by atoms with Gasteiger partial charge in [-0.15, -0.1) is 5.75 Å². The van der Waals surface area contributed by atoms with Crippen molar-refractivity contribution in [2.24, 2.45) is 0 Å². The summed E-state index contributed by atoms with van der Waals surface area (Å²) in [5, 5.41) is 21.8. The Hall–Kier alpha value is -2.10. The van der Waals surface area contributed by atoms with Crippen molar-refractivity contribution < 1.29 is 15.0 Å².